The molecule has 2 aliphatic rings. The maximum absolute atomic E-state index is 13.1. The summed E-state index contributed by atoms with van der Waals surface area (Å²) in [6.45, 7) is 6.19. The van der Waals surface area contributed by atoms with E-state index in [2.05, 4.69) is 9.62 Å². The molecular formula is C26H29N3O3S. The summed E-state index contributed by atoms with van der Waals surface area (Å²) in [6, 6.07) is 18.0. The lowest BCUT2D eigenvalue weighted by atomic mass is 10.1. The Balaban J connectivity index is 1.32. The number of carbonyl (C=O) groups excluding carboxylic acids is 1. The SMILES string of the molecule is Cc1ccc(C(=O)N2CCN(CC3CC3)CC2)cc1NS(=O)(=O)c1ccc2ccccc2c1. The molecule has 5 rings (SSSR count). The van der Waals surface area contributed by atoms with Gasteiger partial charge >= 0.3 is 0 Å². The van der Waals surface area contributed by atoms with Gasteiger partial charge in [0.05, 0.1) is 10.6 Å². The van der Waals surface area contributed by atoms with Crippen LogP contribution in [0, 0.1) is 12.8 Å². The van der Waals surface area contributed by atoms with Crippen LogP contribution >= 0.6 is 0 Å². The first-order valence-electron chi connectivity index (χ1n) is 11.5. The van der Waals surface area contributed by atoms with Gasteiger partial charge in [-0.3, -0.25) is 14.4 Å². The molecule has 0 bridgehead atoms. The lowest BCUT2D eigenvalue weighted by molar-refractivity contribution is 0.0632. The average molecular weight is 464 g/mol. The first kappa shape index (κ1) is 21.9. The van der Waals surface area contributed by atoms with E-state index in [0.29, 0.717) is 24.3 Å². The van der Waals surface area contributed by atoms with Crippen LogP contribution in [0.3, 0.4) is 0 Å². The second-order valence-electron chi connectivity index (χ2n) is 9.18. The van der Waals surface area contributed by atoms with E-state index < -0.39 is 10.0 Å². The van der Waals surface area contributed by atoms with Crippen LogP contribution in [0.25, 0.3) is 10.8 Å². The van der Waals surface area contributed by atoms with Crippen LogP contribution in [0.4, 0.5) is 5.69 Å². The van der Waals surface area contributed by atoms with Crippen LogP contribution in [0.1, 0.15) is 28.8 Å². The fourth-order valence-corrected chi connectivity index (χ4v) is 5.54. The Morgan fingerprint density at radius 1 is 0.939 bits per heavy atom. The zero-order valence-electron chi connectivity index (χ0n) is 18.8. The molecule has 2 fully saturated rings. The lowest BCUT2D eigenvalue weighted by Crippen LogP contribution is -2.49. The number of nitrogens with one attached hydrogen (secondary N) is 1. The van der Waals surface area contributed by atoms with Gasteiger partial charge in [0.2, 0.25) is 0 Å². The molecule has 0 aromatic heterocycles. The number of carbonyl (C=O) groups is 1. The Labute approximate surface area is 195 Å². The maximum atomic E-state index is 13.1. The number of aryl methyl sites for hydroxylation is 1. The summed E-state index contributed by atoms with van der Waals surface area (Å²) in [4.78, 5) is 17.6. The first-order valence-corrected chi connectivity index (χ1v) is 13.0. The minimum Gasteiger partial charge on any atom is -0.336 e. The third-order valence-electron chi connectivity index (χ3n) is 6.63. The van der Waals surface area contributed by atoms with Crippen molar-refractivity contribution in [3.05, 3.63) is 71.8 Å². The van der Waals surface area contributed by atoms with Gasteiger partial charge in [0.25, 0.3) is 15.9 Å². The van der Waals surface area contributed by atoms with E-state index in [-0.39, 0.29) is 10.8 Å². The van der Waals surface area contributed by atoms with Crippen LogP contribution < -0.4 is 4.72 Å². The van der Waals surface area contributed by atoms with E-state index >= 15 is 0 Å². The summed E-state index contributed by atoms with van der Waals surface area (Å²) < 4.78 is 28.9. The number of amides is 1. The predicted molar refractivity (Wildman–Crippen MR) is 131 cm³/mol. The molecule has 1 N–H and O–H groups in total. The molecule has 0 unspecified atom stereocenters. The van der Waals surface area contributed by atoms with Gasteiger partial charge in [-0.15, -0.1) is 0 Å². The molecule has 0 atom stereocenters. The van der Waals surface area contributed by atoms with Gasteiger partial charge < -0.3 is 4.90 Å². The Kier molecular flexibility index (Phi) is 5.85. The summed E-state index contributed by atoms with van der Waals surface area (Å²) >= 11 is 0. The Hall–Kier alpha value is -2.90. The predicted octanol–water partition coefficient (Wildman–Crippen LogP) is 4.12. The van der Waals surface area contributed by atoms with Gasteiger partial charge in [0.15, 0.2) is 0 Å². The van der Waals surface area contributed by atoms with Crippen LogP contribution in [0.5, 0.6) is 0 Å². The quantitative estimate of drug-likeness (QED) is 0.597. The summed E-state index contributed by atoms with van der Waals surface area (Å²) in [5.41, 5.74) is 1.71. The Morgan fingerprint density at radius 2 is 1.67 bits per heavy atom. The van der Waals surface area contributed by atoms with Crippen molar-refractivity contribution in [2.75, 3.05) is 37.4 Å². The molecule has 33 heavy (non-hydrogen) atoms. The standard InChI is InChI=1S/C26H29N3O3S/c1-19-6-9-23(26(30)29-14-12-28(13-15-29)18-20-7-8-20)17-25(19)27-33(31,32)24-11-10-21-4-2-3-5-22(21)16-24/h2-6,9-11,16-17,20,27H,7-8,12-15,18H2,1H3. The molecule has 1 saturated carbocycles. The minimum absolute atomic E-state index is 0.0489. The number of nitrogens with zero attached hydrogens (tertiary/aromatic N) is 2. The van der Waals surface area contributed by atoms with Gasteiger partial charge in [0, 0.05) is 38.3 Å². The van der Waals surface area contributed by atoms with E-state index in [0.717, 1.165) is 41.9 Å². The Bertz CT molecular complexity index is 1290. The molecule has 172 valence electrons. The fourth-order valence-electron chi connectivity index (χ4n) is 4.38. The number of anilines is 1. The van der Waals surface area contributed by atoms with Gasteiger partial charge in [0.1, 0.15) is 0 Å². The van der Waals surface area contributed by atoms with Crippen molar-refractivity contribution in [1.82, 2.24) is 9.80 Å². The van der Waals surface area contributed by atoms with Crippen molar-refractivity contribution >= 4 is 32.4 Å². The number of fused-ring (bicyclic) bond motifs is 1. The summed E-state index contributed by atoms with van der Waals surface area (Å²) in [5, 5.41) is 1.85. The second-order valence-corrected chi connectivity index (χ2v) is 10.9. The van der Waals surface area contributed by atoms with Crippen molar-refractivity contribution in [3.8, 4) is 0 Å². The number of rotatable bonds is 6. The van der Waals surface area contributed by atoms with Crippen molar-refractivity contribution in [2.24, 2.45) is 5.92 Å². The summed E-state index contributed by atoms with van der Waals surface area (Å²) in [5.74, 6) is 0.801. The number of benzene rings is 3. The van der Waals surface area contributed by atoms with E-state index in [1.54, 1.807) is 36.4 Å². The molecule has 0 radical (unpaired) electrons. The van der Waals surface area contributed by atoms with E-state index in [1.807, 2.05) is 36.1 Å². The van der Waals surface area contributed by atoms with Gasteiger partial charge in [-0.1, -0.05) is 36.4 Å². The molecule has 7 heteroatoms. The van der Waals surface area contributed by atoms with E-state index in [9.17, 15) is 13.2 Å². The molecule has 1 saturated heterocycles. The highest BCUT2D eigenvalue weighted by molar-refractivity contribution is 7.92. The van der Waals surface area contributed by atoms with Gasteiger partial charge in [-0.2, -0.15) is 0 Å². The monoisotopic (exact) mass is 463 g/mol. The highest BCUT2D eigenvalue weighted by atomic mass is 32.2. The molecule has 3 aromatic rings. The molecule has 1 amide bonds. The zero-order chi connectivity index (χ0) is 23.0. The highest BCUT2D eigenvalue weighted by Crippen LogP contribution is 2.30. The molecule has 1 aliphatic heterocycles. The third-order valence-corrected chi connectivity index (χ3v) is 8.00. The van der Waals surface area contributed by atoms with Crippen molar-refractivity contribution in [2.45, 2.75) is 24.7 Å². The molecule has 0 spiro atoms. The normalized spacial score (nSPS) is 17.3. The van der Waals surface area contributed by atoms with Crippen molar-refractivity contribution in [1.29, 1.82) is 0 Å². The summed E-state index contributed by atoms with van der Waals surface area (Å²) in [6.07, 6.45) is 2.67. The summed E-state index contributed by atoms with van der Waals surface area (Å²) in [7, 11) is -3.79. The maximum Gasteiger partial charge on any atom is 0.261 e. The lowest BCUT2D eigenvalue weighted by Gasteiger charge is -2.35. The smallest absolute Gasteiger partial charge is 0.261 e. The van der Waals surface area contributed by atoms with Crippen molar-refractivity contribution in [3.63, 3.8) is 0 Å². The average Bonchev–Trinajstić information content (AvgIpc) is 3.64. The molecular weight excluding hydrogens is 434 g/mol. The van der Waals surface area contributed by atoms with Gasteiger partial charge in [-0.05, 0) is 66.3 Å². The zero-order valence-corrected chi connectivity index (χ0v) is 19.6. The fraction of sp³-hybridized carbons (Fsp3) is 0.346. The number of hydrogen-bond donors (Lipinski definition) is 1. The van der Waals surface area contributed by atoms with Crippen molar-refractivity contribution < 1.29 is 13.2 Å². The van der Waals surface area contributed by atoms with E-state index in [4.69, 9.17) is 0 Å². The number of hydrogen-bond acceptors (Lipinski definition) is 4. The second kappa shape index (κ2) is 8.80. The number of sulfonamides is 1. The van der Waals surface area contributed by atoms with Crippen LogP contribution in [-0.4, -0.2) is 56.8 Å². The third kappa shape index (κ3) is 4.89. The van der Waals surface area contributed by atoms with Gasteiger partial charge in [-0.25, -0.2) is 8.42 Å². The van der Waals surface area contributed by atoms with E-state index in [1.165, 1.54) is 12.8 Å². The minimum atomic E-state index is -3.79. The molecule has 1 heterocycles. The molecule has 1 aliphatic carbocycles. The van der Waals surface area contributed by atoms with Crippen LogP contribution in [0.2, 0.25) is 0 Å². The van der Waals surface area contributed by atoms with Crippen LogP contribution in [0.15, 0.2) is 65.6 Å². The molecule has 3 aromatic carbocycles. The highest BCUT2D eigenvalue weighted by Gasteiger charge is 2.28. The topological polar surface area (TPSA) is 69.7 Å². The number of piperazine rings is 1. The first-order chi connectivity index (χ1) is 15.9. The Morgan fingerprint density at radius 3 is 2.39 bits per heavy atom. The molecule has 6 nitrogen and oxygen atoms in total. The van der Waals surface area contributed by atoms with Crippen LogP contribution in [-0.2, 0) is 10.0 Å². The largest absolute Gasteiger partial charge is 0.336 e.